The van der Waals surface area contributed by atoms with Crippen LogP contribution in [0.15, 0.2) is 24.3 Å². The minimum Gasteiger partial charge on any atom is -0.491 e. The average molecular weight is 313 g/mol. The third kappa shape index (κ3) is 7.25. The number of benzene rings is 1. The van der Waals surface area contributed by atoms with Crippen molar-refractivity contribution in [2.75, 3.05) is 26.3 Å². The maximum Gasteiger partial charge on any atom is 0.119 e. The van der Waals surface area contributed by atoms with Crippen molar-refractivity contribution in [1.29, 1.82) is 0 Å². The molecule has 0 bridgehead atoms. The lowest BCUT2D eigenvalue weighted by Crippen LogP contribution is -2.35. The number of aliphatic hydroxyl groups is 1. The van der Waals surface area contributed by atoms with Gasteiger partial charge in [0.05, 0.1) is 9.30 Å². The first kappa shape index (κ1) is 10.6. The van der Waals surface area contributed by atoms with Gasteiger partial charge in [-0.05, 0) is 42.8 Å². The van der Waals surface area contributed by atoms with Crippen molar-refractivity contribution in [3.8, 4) is 5.75 Å². The highest BCUT2D eigenvalue weighted by molar-refractivity contribution is 5.27. The molecule has 1 unspecified atom stereocenters. The van der Waals surface area contributed by atoms with E-state index in [-0.39, 0.29) is 24.8 Å². The summed E-state index contributed by atoms with van der Waals surface area (Å²) >= 11 is 0. The maximum atomic E-state index is 10.00. The van der Waals surface area contributed by atoms with Gasteiger partial charge < -0.3 is 19.9 Å². The van der Waals surface area contributed by atoms with Gasteiger partial charge in [-0.1, -0.05) is 26.0 Å². The molecule has 0 radical (unpaired) electrons. The summed E-state index contributed by atoms with van der Waals surface area (Å²) in [5.41, 5.74) is 0.109. The third-order valence-corrected chi connectivity index (χ3v) is 3.08. The summed E-state index contributed by atoms with van der Waals surface area (Å²) in [5.74, 6) is 0.637. The zero-order valence-electron chi connectivity index (χ0n) is 19.1. The summed E-state index contributed by atoms with van der Waals surface area (Å²) in [4.78, 5) is 0. The second kappa shape index (κ2) is 9.13. The lowest BCUT2D eigenvalue weighted by molar-refractivity contribution is 0.104. The molecular formula is C18H29NO3. The molecule has 1 aromatic rings. The van der Waals surface area contributed by atoms with Crippen LogP contribution in [0.2, 0.25) is 0 Å². The van der Waals surface area contributed by atoms with Gasteiger partial charge >= 0.3 is 0 Å². The van der Waals surface area contributed by atoms with Crippen LogP contribution in [-0.2, 0) is 11.1 Å². The van der Waals surface area contributed by atoms with E-state index in [0.29, 0.717) is 11.7 Å². The molecule has 0 aliphatic heterocycles. The molecule has 0 amide bonds. The molecule has 1 aliphatic rings. The van der Waals surface area contributed by atoms with E-state index in [9.17, 15) is 5.11 Å². The highest BCUT2D eigenvalue weighted by Gasteiger charge is 2.20. The Morgan fingerprint density at radius 2 is 2.05 bits per heavy atom. The van der Waals surface area contributed by atoms with E-state index in [1.54, 1.807) is 13.8 Å². The number of rotatable bonds is 11. The summed E-state index contributed by atoms with van der Waals surface area (Å²) in [5, 5.41) is 12.6. The third-order valence-electron chi connectivity index (χ3n) is 3.08. The predicted molar refractivity (Wildman–Crippen MR) is 88.3 cm³/mol. The number of aryl methyl sites for hydroxylation is 1. The van der Waals surface area contributed by atoms with Crippen molar-refractivity contribution in [2.45, 2.75) is 45.2 Å². The first-order valence-corrected chi connectivity index (χ1v) is 7.68. The van der Waals surface area contributed by atoms with Gasteiger partial charge in [0.2, 0.25) is 0 Å². The molecule has 2 N–H and O–H groups in total. The largest absolute Gasteiger partial charge is 0.491 e. The van der Waals surface area contributed by atoms with Crippen LogP contribution in [-0.4, -0.2) is 43.5 Å². The van der Waals surface area contributed by atoms with Crippen LogP contribution in [0.5, 0.6) is 5.75 Å². The van der Waals surface area contributed by atoms with Crippen molar-refractivity contribution in [1.82, 2.24) is 5.32 Å². The molecule has 1 saturated carbocycles. The summed E-state index contributed by atoms with van der Waals surface area (Å²) < 4.78 is 58.4. The molecule has 1 atom stereocenters. The molecule has 0 spiro atoms. The summed E-state index contributed by atoms with van der Waals surface area (Å²) in [6.45, 7) is -1.02. The topological polar surface area (TPSA) is 50.7 Å². The van der Waals surface area contributed by atoms with Gasteiger partial charge in [0.15, 0.2) is 0 Å². The van der Waals surface area contributed by atoms with Gasteiger partial charge in [-0.3, -0.25) is 0 Å². The van der Waals surface area contributed by atoms with Crippen molar-refractivity contribution >= 4 is 0 Å². The number of aliphatic hydroxyl groups excluding tert-OH is 1. The Balaban J connectivity index is 1.96. The Morgan fingerprint density at radius 1 is 1.32 bits per heavy atom. The Kier molecular flexibility index (Phi) is 4.41. The maximum absolute atomic E-state index is 10.00. The van der Waals surface area contributed by atoms with Crippen LogP contribution < -0.4 is 10.1 Å². The lowest BCUT2D eigenvalue weighted by atomic mass is 10.1. The zero-order chi connectivity index (χ0) is 21.2. The standard InChI is InChI=1S/C18H29NO3/c1-14(2)19-11-17(20)13-22-18-7-5-15(6-8-18)9-10-21-12-16-3-4-16/h5-8,14,16-17,19-20H,3-4,9-13H2,1-2H3/i9D2,10D2,11D2. The fraction of sp³-hybridized carbons (Fsp3) is 0.667. The molecule has 0 aromatic heterocycles. The van der Waals surface area contributed by atoms with Gasteiger partial charge in [0.1, 0.15) is 18.5 Å². The van der Waals surface area contributed by atoms with E-state index in [1.165, 1.54) is 24.3 Å². The Morgan fingerprint density at radius 3 is 2.68 bits per heavy atom. The van der Waals surface area contributed by atoms with E-state index in [4.69, 9.17) is 17.7 Å². The quantitative estimate of drug-likeness (QED) is 0.659. The van der Waals surface area contributed by atoms with Gasteiger partial charge in [-0.15, -0.1) is 0 Å². The molecule has 4 heteroatoms. The van der Waals surface area contributed by atoms with E-state index in [1.807, 2.05) is 0 Å². The zero-order valence-corrected chi connectivity index (χ0v) is 13.1. The van der Waals surface area contributed by atoms with Gasteiger partial charge in [-0.2, -0.15) is 0 Å². The van der Waals surface area contributed by atoms with E-state index < -0.39 is 25.5 Å². The highest BCUT2D eigenvalue weighted by atomic mass is 16.5. The van der Waals surface area contributed by atoms with Crippen LogP contribution in [0.3, 0.4) is 0 Å². The van der Waals surface area contributed by atoms with Gasteiger partial charge in [0, 0.05) is 24.6 Å². The fourth-order valence-corrected chi connectivity index (χ4v) is 1.65. The van der Waals surface area contributed by atoms with Crippen LogP contribution in [0, 0.1) is 5.92 Å². The SMILES string of the molecule is [2H]C([2H])(NC(C)C)C(O)COc1ccc(C([2H])([2H])C([2H])([2H])OCC2CC2)cc1. The van der Waals surface area contributed by atoms with E-state index in [2.05, 4.69) is 5.32 Å². The van der Waals surface area contributed by atoms with Crippen molar-refractivity contribution < 1.29 is 22.8 Å². The molecule has 2 rings (SSSR count). The predicted octanol–water partition coefficient (Wildman–Crippen LogP) is 2.39. The molecule has 1 aliphatic carbocycles. The highest BCUT2D eigenvalue weighted by Crippen LogP contribution is 2.28. The monoisotopic (exact) mass is 313 g/mol. The van der Waals surface area contributed by atoms with Gasteiger partial charge in [0.25, 0.3) is 0 Å². The molecule has 0 heterocycles. The molecule has 1 fully saturated rings. The second-order valence-electron chi connectivity index (χ2n) is 5.78. The summed E-state index contributed by atoms with van der Waals surface area (Å²) in [6.07, 6.45) is -1.77. The van der Waals surface area contributed by atoms with Crippen molar-refractivity contribution in [2.24, 2.45) is 5.92 Å². The number of hydrogen-bond donors (Lipinski definition) is 2. The average Bonchev–Trinajstić information content (AvgIpc) is 3.41. The minimum atomic E-state index is -2.47. The second-order valence-corrected chi connectivity index (χ2v) is 5.78. The Labute approximate surface area is 142 Å². The summed E-state index contributed by atoms with van der Waals surface area (Å²) in [7, 11) is 0. The van der Waals surface area contributed by atoms with E-state index in [0.717, 1.165) is 12.8 Å². The first-order chi connectivity index (χ1) is 12.8. The Bertz CT molecular complexity index is 635. The van der Waals surface area contributed by atoms with Crippen LogP contribution >= 0.6 is 0 Å². The molecule has 1 aromatic carbocycles. The summed E-state index contributed by atoms with van der Waals surface area (Å²) in [6, 6.07) is 5.58. The minimum absolute atomic E-state index is 0.109. The van der Waals surface area contributed by atoms with Crippen molar-refractivity contribution in [3.05, 3.63) is 29.8 Å². The van der Waals surface area contributed by atoms with Crippen LogP contribution in [0.1, 0.15) is 40.5 Å². The Hall–Kier alpha value is -1.10. The molecule has 124 valence electrons. The van der Waals surface area contributed by atoms with Gasteiger partial charge in [-0.25, -0.2) is 0 Å². The van der Waals surface area contributed by atoms with Crippen LogP contribution in [0.25, 0.3) is 0 Å². The molecular weight excluding hydrogens is 278 g/mol. The number of hydrogen-bond acceptors (Lipinski definition) is 4. The molecule has 22 heavy (non-hydrogen) atoms. The smallest absolute Gasteiger partial charge is 0.119 e. The fourth-order valence-electron chi connectivity index (χ4n) is 1.65. The lowest BCUT2D eigenvalue weighted by Gasteiger charge is -2.15. The van der Waals surface area contributed by atoms with Crippen molar-refractivity contribution in [3.63, 3.8) is 0 Å². The number of ether oxygens (including phenoxy) is 2. The first-order valence-electron chi connectivity index (χ1n) is 10.7. The normalized spacial score (nSPS) is 22.0. The van der Waals surface area contributed by atoms with Crippen LogP contribution in [0.4, 0.5) is 0 Å². The number of nitrogens with one attached hydrogen (secondary N) is 1. The molecule has 4 nitrogen and oxygen atoms in total. The van der Waals surface area contributed by atoms with E-state index >= 15 is 0 Å². The molecule has 0 saturated heterocycles.